The van der Waals surface area contributed by atoms with Crippen molar-refractivity contribution in [1.82, 2.24) is 9.88 Å². The van der Waals surface area contributed by atoms with E-state index in [2.05, 4.69) is 76.6 Å². The molecule has 0 fully saturated rings. The molecule has 0 bridgehead atoms. The summed E-state index contributed by atoms with van der Waals surface area (Å²) in [6.07, 6.45) is 1.86. The third-order valence-electron chi connectivity index (χ3n) is 6.54. The van der Waals surface area contributed by atoms with Gasteiger partial charge in [0.05, 0.1) is 16.3 Å². The second-order valence-corrected chi connectivity index (χ2v) is 9.95. The molecule has 0 radical (unpaired) electrons. The Kier molecular flexibility index (Phi) is 6.65. The number of hydrogen-bond donors (Lipinski definition) is 2. The van der Waals surface area contributed by atoms with E-state index >= 15 is 0 Å². The number of benzene rings is 2. The maximum absolute atomic E-state index is 6.52. The Hall–Kier alpha value is -3.13. The molecule has 0 saturated heterocycles. The molecule has 180 valence electrons. The first-order chi connectivity index (χ1) is 17.0. The zero-order chi connectivity index (χ0) is 24.5. The number of rotatable bonds is 7. The molecule has 4 aromatic rings. The molecule has 0 aliphatic carbocycles. The van der Waals surface area contributed by atoms with Crippen molar-refractivity contribution in [2.75, 3.05) is 30.0 Å². The second kappa shape index (κ2) is 9.85. The van der Waals surface area contributed by atoms with Gasteiger partial charge in [-0.2, -0.15) is 0 Å². The first-order valence-corrected chi connectivity index (χ1v) is 13.1. The summed E-state index contributed by atoms with van der Waals surface area (Å²) < 4.78 is 0. The molecular weight excluding hydrogens is 476 g/mol. The number of amidine groups is 1. The smallest absolute Gasteiger partial charge is 0.139 e. The zero-order valence-electron chi connectivity index (χ0n) is 20.2. The van der Waals surface area contributed by atoms with E-state index in [0.29, 0.717) is 12.5 Å². The third kappa shape index (κ3) is 4.47. The van der Waals surface area contributed by atoms with Gasteiger partial charge in [0.25, 0.3) is 0 Å². The number of anilines is 4. The molecule has 8 heteroatoms. The lowest BCUT2D eigenvalue weighted by Crippen LogP contribution is -2.28. The second-order valence-electron chi connectivity index (χ2n) is 8.63. The van der Waals surface area contributed by atoms with Crippen LogP contribution in [0.4, 0.5) is 22.9 Å². The van der Waals surface area contributed by atoms with Crippen LogP contribution in [0.1, 0.15) is 29.9 Å². The van der Waals surface area contributed by atoms with Gasteiger partial charge in [0, 0.05) is 34.2 Å². The summed E-state index contributed by atoms with van der Waals surface area (Å²) in [5.74, 6) is 1.42. The van der Waals surface area contributed by atoms with Gasteiger partial charge in [-0.05, 0) is 66.9 Å². The van der Waals surface area contributed by atoms with Crippen molar-refractivity contribution >= 4 is 62.4 Å². The molecule has 0 spiro atoms. The summed E-state index contributed by atoms with van der Waals surface area (Å²) >= 11 is 8.15. The highest BCUT2D eigenvalue weighted by molar-refractivity contribution is 7.12. The van der Waals surface area contributed by atoms with Crippen molar-refractivity contribution in [1.29, 1.82) is 0 Å². The van der Waals surface area contributed by atoms with Crippen molar-refractivity contribution < 1.29 is 0 Å². The number of thiophene rings is 1. The maximum atomic E-state index is 6.52. The molecule has 0 saturated carbocycles. The minimum atomic E-state index is 0.493. The number of halogens is 1. The van der Waals surface area contributed by atoms with E-state index < -0.39 is 0 Å². The zero-order valence-corrected chi connectivity index (χ0v) is 21.7. The van der Waals surface area contributed by atoms with Crippen LogP contribution in [0.2, 0.25) is 5.02 Å². The fraction of sp³-hybridized carbons (Fsp3) is 0.259. The van der Waals surface area contributed by atoms with Crippen molar-refractivity contribution in [2.24, 2.45) is 10.7 Å². The molecule has 0 amide bonds. The molecule has 5 rings (SSSR count). The fourth-order valence-electron chi connectivity index (χ4n) is 4.60. The van der Waals surface area contributed by atoms with Gasteiger partial charge in [0.1, 0.15) is 18.3 Å². The Morgan fingerprint density at radius 1 is 1.11 bits per heavy atom. The topological polar surface area (TPSA) is 69.8 Å². The highest BCUT2D eigenvalue weighted by Crippen LogP contribution is 2.41. The van der Waals surface area contributed by atoms with E-state index in [0.717, 1.165) is 68.7 Å². The number of nitrogens with one attached hydrogen (secondary N) is 1. The van der Waals surface area contributed by atoms with Gasteiger partial charge in [-0.1, -0.05) is 37.6 Å². The molecule has 2 aromatic carbocycles. The van der Waals surface area contributed by atoms with Crippen LogP contribution in [0.15, 0.2) is 59.0 Å². The quantitative estimate of drug-likeness (QED) is 0.294. The first kappa shape index (κ1) is 23.6. The Morgan fingerprint density at radius 2 is 1.94 bits per heavy atom. The molecule has 0 unspecified atom stereocenters. The lowest BCUT2D eigenvalue weighted by Gasteiger charge is -2.29. The number of fused-ring (bicyclic) bond motifs is 2. The minimum absolute atomic E-state index is 0.493. The maximum Gasteiger partial charge on any atom is 0.139 e. The molecule has 1 aliphatic rings. The van der Waals surface area contributed by atoms with Gasteiger partial charge in [0.15, 0.2) is 0 Å². The molecular formula is C27H29ClN6S. The minimum Gasteiger partial charge on any atom is -0.383 e. The average molecular weight is 505 g/mol. The van der Waals surface area contributed by atoms with E-state index in [9.17, 15) is 0 Å². The fourth-order valence-corrected chi connectivity index (χ4v) is 5.59. The Morgan fingerprint density at radius 3 is 2.74 bits per heavy atom. The van der Waals surface area contributed by atoms with E-state index in [1.54, 1.807) is 11.3 Å². The van der Waals surface area contributed by atoms with Crippen molar-refractivity contribution in [3.05, 3.63) is 75.1 Å². The number of aromatic nitrogens is 1. The Bertz CT molecular complexity index is 1410. The van der Waals surface area contributed by atoms with Crippen LogP contribution in [0.3, 0.4) is 0 Å². The number of nitrogens with two attached hydrogens (primary N) is 1. The van der Waals surface area contributed by atoms with E-state index in [4.69, 9.17) is 22.3 Å². The summed E-state index contributed by atoms with van der Waals surface area (Å²) in [6, 6.07) is 14.5. The number of hydrogen-bond acceptors (Lipinski definition) is 7. The Balaban J connectivity index is 1.54. The lowest BCUT2D eigenvalue weighted by atomic mass is 10.0. The predicted octanol–water partition coefficient (Wildman–Crippen LogP) is 6.66. The van der Waals surface area contributed by atoms with Gasteiger partial charge < -0.3 is 16.0 Å². The van der Waals surface area contributed by atoms with Crippen molar-refractivity contribution in [3.63, 3.8) is 0 Å². The van der Waals surface area contributed by atoms with Crippen LogP contribution in [0.25, 0.3) is 10.8 Å². The normalized spacial score (nSPS) is 13.3. The van der Waals surface area contributed by atoms with Crippen molar-refractivity contribution in [3.8, 4) is 0 Å². The largest absolute Gasteiger partial charge is 0.383 e. The molecule has 1 aliphatic heterocycles. The third-order valence-corrected chi connectivity index (χ3v) is 7.83. The van der Waals surface area contributed by atoms with E-state index in [1.807, 2.05) is 18.3 Å². The van der Waals surface area contributed by atoms with Crippen LogP contribution in [0, 0.1) is 6.92 Å². The number of aryl methyl sites for hydroxylation is 1. The molecule has 3 N–H and O–H groups in total. The number of pyridine rings is 1. The predicted molar refractivity (Wildman–Crippen MR) is 150 cm³/mol. The summed E-state index contributed by atoms with van der Waals surface area (Å²) in [4.78, 5) is 14.9. The molecule has 0 atom stereocenters. The lowest BCUT2D eigenvalue weighted by molar-refractivity contribution is 0.296. The van der Waals surface area contributed by atoms with Crippen LogP contribution >= 0.6 is 22.9 Å². The summed E-state index contributed by atoms with van der Waals surface area (Å²) in [5, 5.41) is 8.56. The monoisotopic (exact) mass is 504 g/mol. The number of aliphatic imine (C=N–C) groups is 1. The van der Waals surface area contributed by atoms with Crippen LogP contribution in [-0.4, -0.2) is 35.5 Å². The Labute approximate surface area is 215 Å². The van der Waals surface area contributed by atoms with E-state index in [-0.39, 0.29) is 0 Å². The van der Waals surface area contributed by atoms with Gasteiger partial charge in [-0.3, -0.25) is 4.90 Å². The van der Waals surface area contributed by atoms with Gasteiger partial charge in [0.2, 0.25) is 0 Å². The van der Waals surface area contributed by atoms with Crippen LogP contribution < -0.4 is 16.0 Å². The summed E-state index contributed by atoms with van der Waals surface area (Å²) in [6.45, 7) is 9.74. The number of nitrogens with zero attached hydrogens (tertiary/aromatic N) is 4. The molecule has 6 nitrogen and oxygen atoms in total. The first-order valence-electron chi connectivity index (χ1n) is 11.8. The van der Waals surface area contributed by atoms with Crippen molar-refractivity contribution in [2.45, 2.75) is 27.3 Å². The highest BCUT2D eigenvalue weighted by atomic mass is 35.5. The average Bonchev–Trinajstić information content (AvgIpc) is 3.36. The standard InChI is InChI=1S/C27H29ClN6S/c1-4-33(5-2)15-18-14-19(7-9-22(18)28)32-27-21-8-6-17(3)24(20(21)10-12-30-27)34-16-31-26(29)25-23(34)11-13-35-25/h6-14H,4-5,15-16H2,1-3H3,(H2,29,31)(H,30,32). The van der Waals surface area contributed by atoms with E-state index in [1.165, 1.54) is 5.56 Å². The van der Waals surface area contributed by atoms with Gasteiger partial charge >= 0.3 is 0 Å². The molecule has 35 heavy (non-hydrogen) atoms. The molecule has 3 heterocycles. The summed E-state index contributed by atoms with van der Waals surface area (Å²) in [7, 11) is 0. The molecule has 2 aromatic heterocycles. The van der Waals surface area contributed by atoms with Crippen LogP contribution in [-0.2, 0) is 6.54 Å². The van der Waals surface area contributed by atoms with Crippen LogP contribution in [0.5, 0.6) is 0 Å². The van der Waals surface area contributed by atoms with Gasteiger partial charge in [-0.25, -0.2) is 9.98 Å². The summed E-state index contributed by atoms with van der Waals surface area (Å²) in [5.41, 5.74) is 11.6. The SMILES string of the molecule is CCN(CC)Cc1cc(Nc2nccc3c(N4CN=C(N)c5sccc54)c(C)ccc23)ccc1Cl. The highest BCUT2D eigenvalue weighted by Gasteiger charge is 2.24. The van der Waals surface area contributed by atoms with Gasteiger partial charge in [-0.15, -0.1) is 11.3 Å².